The molecule has 0 bridgehead atoms. The molecule has 1 atom stereocenters. The van der Waals surface area contributed by atoms with Gasteiger partial charge in [0.2, 0.25) is 0 Å². The van der Waals surface area contributed by atoms with Gasteiger partial charge in [-0.15, -0.1) is 0 Å². The summed E-state index contributed by atoms with van der Waals surface area (Å²) in [4.78, 5) is 26.2. The van der Waals surface area contributed by atoms with Crippen LogP contribution in [0.3, 0.4) is 0 Å². The summed E-state index contributed by atoms with van der Waals surface area (Å²) in [7, 11) is 0. The minimum absolute atomic E-state index is 0.121. The molecule has 6 nitrogen and oxygen atoms in total. The largest absolute Gasteiger partial charge is 0.360 e. The van der Waals surface area contributed by atoms with Crippen molar-refractivity contribution >= 4 is 23.7 Å². The standard InChI is InChI=1S/C11H12ClN5O/c1-6(10-13-3-4-14-10)15-11-8(5-18)9(12)16-7(2)17-11/h3-6H,1-2H3,(H,13,14)(H,15,16,17). The van der Waals surface area contributed by atoms with Gasteiger partial charge in [-0.3, -0.25) is 4.79 Å². The van der Waals surface area contributed by atoms with Gasteiger partial charge in [0.25, 0.3) is 0 Å². The molecule has 2 aromatic rings. The normalized spacial score (nSPS) is 12.2. The third kappa shape index (κ3) is 2.48. The van der Waals surface area contributed by atoms with Gasteiger partial charge in [0.05, 0.1) is 11.6 Å². The quantitative estimate of drug-likeness (QED) is 0.654. The van der Waals surface area contributed by atoms with E-state index < -0.39 is 0 Å². The maximum absolute atomic E-state index is 11.0. The number of aromatic nitrogens is 4. The lowest BCUT2D eigenvalue weighted by atomic mass is 10.2. The third-order valence-electron chi connectivity index (χ3n) is 2.41. The molecule has 0 aliphatic heterocycles. The van der Waals surface area contributed by atoms with E-state index in [1.54, 1.807) is 19.3 Å². The van der Waals surface area contributed by atoms with Crippen LogP contribution in [-0.2, 0) is 0 Å². The summed E-state index contributed by atoms with van der Waals surface area (Å²) >= 11 is 5.90. The minimum atomic E-state index is -0.121. The molecule has 0 amide bonds. The van der Waals surface area contributed by atoms with Crippen LogP contribution in [0.25, 0.3) is 0 Å². The van der Waals surface area contributed by atoms with Crippen LogP contribution in [0.2, 0.25) is 5.15 Å². The lowest BCUT2D eigenvalue weighted by molar-refractivity contribution is 0.112. The number of hydrogen-bond acceptors (Lipinski definition) is 5. The fraction of sp³-hybridized carbons (Fsp3) is 0.273. The van der Waals surface area contributed by atoms with Crippen LogP contribution in [0.4, 0.5) is 5.82 Å². The van der Waals surface area contributed by atoms with E-state index in [1.165, 1.54) is 0 Å². The highest BCUT2D eigenvalue weighted by Gasteiger charge is 2.15. The first-order valence-electron chi connectivity index (χ1n) is 5.37. The van der Waals surface area contributed by atoms with E-state index in [0.717, 1.165) is 5.82 Å². The van der Waals surface area contributed by atoms with E-state index in [-0.39, 0.29) is 16.8 Å². The summed E-state index contributed by atoms with van der Waals surface area (Å²) in [6.45, 7) is 3.61. The van der Waals surface area contributed by atoms with Crippen molar-refractivity contribution in [1.82, 2.24) is 19.9 Å². The van der Waals surface area contributed by atoms with E-state index in [0.29, 0.717) is 17.9 Å². The maximum atomic E-state index is 11.0. The molecule has 0 radical (unpaired) electrons. The Hall–Kier alpha value is -1.95. The zero-order chi connectivity index (χ0) is 13.1. The van der Waals surface area contributed by atoms with Crippen molar-refractivity contribution in [2.45, 2.75) is 19.9 Å². The molecule has 0 saturated heterocycles. The van der Waals surface area contributed by atoms with Crippen LogP contribution >= 0.6 is 11.6 Å². The summed E-state index contributed by atoms with van der Waals surface area (Å²) < 4.78 is 0. The van der Waals surface area contributed by atoms with Gasteiger partial charge in [-0.25, -0.2) is 15.0 Å². The van der Waals surface area contributed by atoms with E-state index in [2.05, 4.69) is 25.3 Å². The lowest BCUT2D eigenvalue weighted by Gasteiger charge is -2.14. The average molecular weight is 266 g/mol. The van der Waals surface area contributed by atoms with Gasteiger partial charge in [0, 0.05) is 12.4 Å². The number of carbonyl (C=O) groups excluding carboxylic acids is 1. The maximum Gasteiger partial charge on any atom is 0.156 e. The summed E-state index contributed by atoms with van der Waals surface area (Å²) in [5.74, 6) is 1.66. The van der Waals surface area contributed by atoms with Gasteiger partial charge < -0.3 is 10.3 Å². The van der Waals surface area contributed by atoms with E-state index in [1.807, 2.05) is 6.92 Å². The zero-order valence-corrected chi connectivity index (χ0v) is 10.7. The summed E-state index contributed by atoms with van der Waals surface area (Å²) in [6, 6.07) is -0.121. The molecule has 2 N–H and O–H groups in total. The van der Waals surface area contributed by atoms with Gasteiger partial charge in [0.1, 0.15) is 22.6 Å². The molecule has 2 rings (SSSR count). The fourth-order valence-electron chi connectivity index (χ4n) is 1.55. The Morgan fingerprint density at radius 1 is 1.50 bits per heavy atom. The van der Waals surface area contributed by atoms with Crippen molar-refractivity contribution in [3.05, 3.63) is 34.8 Å². The number of aromatic amines is 1. The number of carbonyl (C=O) groups is 1. The Bertz CT molecular complexity index is 555. The summed E-state index contributed by atoms with van der Waals surface area (Å²) in [5, 5.41) is 3.23. The molecule has 0 aliphatic rings. The molecule has 2 aromatic heterocycles. The second-order valence-electron chi connectivity index (χ2n) is 3.78. The smallest absolute Gasteiger partial charge is 0.156 e. The molecule has 1 unspecified atom stereocenters. The predicted molar refractivity (Wildman–Crippen MR) is 67.8 cm³/mol. The number of hydrogen-bond donors (Lipinski definition) is 2. The molecule has 7 heteroatoms. The number of imidazole rings is 1. The van der Waals surface area contributed by atoms with Gasteiger partial charge in [0.15, 0.2) is 6.29 Å². The molecule has 0 aromatic carbocycles. The van der Waals surface area contributed by atoms with Crippen molar-refractivity contribution in [2.75, 3.05) is 5.32 Å². The minimum Gasteiger partial charge on any atom is -0.360 e. The van der Waals surface area contributed by atoms with Crippen molar-refractivity contribution in [1.29, 1.82) is 0 Å². The molecule has 0 aliphatic carbocycles. The fourth-order valence-corrected chi connectivity index (χ4v) is 1.81. The molecule has 94 valence electrons. The number of nitrogens with zero attached hydrogens (tertiary/aromatic N) is 3. The Morgan fingerprint density at radius 3 is 2.89 bits per heavy atom. The topological polar surface area (TPSA) is 83.6 Å². The molecular formula is C11H12ClN5O. The van der Waals surface area contributed by atoms with Crippen LogP contribution in [0.5, 0.6) is 0 Å². The molecule has 2 heterocycles. The highest BCUT2D eigenvalue weighted by atomic mass is 35.5. The Balaban J connectivity index is 2.31. The van der Waals surface area contributed by atoms with Crippen molar-refractivity contribution < 1.29 is 4.79 Å². The second kappa shape index (κ2) is 5.14. The van der Waals surface area contributed by atoms with Gasteiger partial charge in [-0.2, -0.15) is 0 Å². The first kappa shape index (κ1) is 12.5. The van der Waals surface area contributed by atoms with E-state index in [9.17, 15) is 4.79 Å². The van der Waals surface area contributed by atoms with Gasteiger partial charge in [-0.05, 0) is 13.8 Å². The Morgan fingerprint density at radius 2 is 2.28 bits per heavy atom. The molecule has 18 heavy (non-hydrogen) atoms. The van der Waals surface area contributed by atoms with Crippen molar-refractivity contribution in [2.24, 2.45) is 0 Å². The number of halogens is 1. The number of H-pyrrole nitrogens is 1. The van der Waals surface area contributed by atoms with Crippen LogP contribution in [0, 0.1) is 6.92 Å². The molecule has 0 spiro atoms. The molecule has 0 fully saturated rings. The first-order chi connectivity index (χ1) is 8.61. The number of anilines is 1. The molecule has 0 saturated carbocycles. The van der Waals surface area contributed by atoms with Crippen LogP contribution in [-0.4, -0.2) is 26.2 Å². The highest BCUT2D eigenvalue weighted by molar-refractivity contribution is 6.32. The average Bonchev–Trinajstić information content (AvgIpc) is 2.81. The Kier molecular flexibility index (Phi) is 3.57. The van der Waals surface area contributed by atoms with Crippen LogP contribution < -0.4 is 5.32 Å². The third-order valence-corrected chi connectivity index (χ3v) is 2.70. The number of aldehydes is 1. The summed E-state index contributed by atoms with van der Waals surface area (Å²) in [6.07, 6.45) is 4.03. The van der Waals surface area contributed by atoms with Crippen molar-refractivity contribution in [3.8, 4) is 0 Å². The van der Waals surface area contributed by atoms with Crippen LogP contribution in [0.15, 0.2) is 12.4 Å². The SMILES string of the molecule is Cc1nc(Cl)c(C=O)c(NC(C)c2ncc[nH]2)n1. The van der Waals surface area contributed by atoms with Gasteiger partial charge >= 0.3 is 0 Å². The highest BCUT2D eigenvalue weighted by Crippen LogP contribution is 2.22. The summed E-state index contributed by atoms with van der Waals surface area (Å²) in [5.41, 5.74) is 0.251. The van der Waals surface area contributed by atoms with Gasteiger partial charge in [-0.1, -0.05) is 11.6 Å². The lowest BCUT2D eigenvalue weighted by Crippen LogP contribution is -2.12. The predicted octanol–water partition coefficient (Wildman–Crippen LogP) is 2.15. The zero-order valence-electron chi connectivity index (χ0n) is 9.94. The van der Waals surface area contributed by atoms with Crippen LogP contribution in [0.1, 0.15) is 35.0 Å². The van der Waals surface area contributed by atoms with E-state index >= 15 is 0 Å². The monoisotopic (exact) mass is 265 g/mol. The first-order valence-corrected chi connectivity index (χ1v) is 5.74. The number of aryl methyl sites for hydroxylation is 1. The van der Waals surface area contributed by atoms with E-state index in [4.69, 9.17) is 11.6 Å². The van der Waals surface area contributed by atoms with Crippen molar-refractivity contribution in [3.63, 3.8) is 0 Å². The number of rotatable bonds is 4. The second-order valence-corrected chi connectivity index (χ2v) is 4.14. The number of nitrogens with one attached hydrogen (secondary N) is 2. The molecular weight excluding hydrogens is 254 g/mol. The Labute approximate surface area is 109 Å².